The summed E-state index contributed by atoms with van der Waals surface area (Å²) in [5, 5.41) is 3.92. The van der Waals surface area contributed by atoms with Crippen molar-refractivity contribution in [2.75, 3.05) is 6.54 Å². The molecule has 0 fully saturated rings. The van der Waals surface area contributed by atoms with Gasteiger partial charge < -0.3 is 5.32 Å². The number of likely N-dealkylation sites (N-methyl/N-ethyl adjacent to an activating group) is 1. The Morgan fingerprint density at radius 1 is 1.37 bits per heavy atom. The molecule has 0 radical (unpaired) electrons. The van der Waals surface area contributed by atoms with Crippen LogP contribution in [0.3, 0.4) is 0 Å². The van der Waals surface area contributed by atoms with Gasteiger partial charge >= 0.3 is 0 Å². The average molecular weight is 279 g/mol. The molecule has 4 heteroatoms. The predicted octanol–water partition coefficient (Wildman–Crippen LogP) is 3.77. The van der Waals surface area contributed by atoms with Gasteiger partial charge in [0.15, 0.2) is 0 Å². The lowest BCUT2D eigenvalue weighted by atomic mass is 9.99. The standard InChI is InChI=1S/C15H16ClFN2/c1-2-19-15(8-11-4-3-7-18-10-11)13-9-12(17)5-6-14(13)16/h3-7,9-10,15,19H,2,8H2,1H3. The lowest BCUT2D eigenvalue weighted by Crippen LogP contribution is -2.23. The second kappa shape index (κ2) is 6.64. The minimum atomic E-state index is -0.270. The molecule has 0 spiro atoms. The van der Waals surface area contributed by atoms with Crippen molar-refractivity contribution in [3.8, 4) is 0 Å². The van der Waals surface area contributed by atoms with Crippen molar-refractivity contribution in [1.29, 1.82) is 0 Å². The third kappa shape index (κ3) is 3.75. The van der Waals surface area contributed by atoms with Crippen molar-refractivity contribution in [1.82, 2.24) is 10.3 Å². The minimum Gasteiger partial charge on any atom is -0.310 e. The zero-order valence-electron chi connectivity index (χ0n) is 10.7. The molecule has 1 heterocycles. The molecular formula is C15H16ClFN2. The highest BCUT2D eigenvalue weighted by atomic mass is 35.5. The van der Waals surface area contributed by atoms with Gasteiger partial charge in [0.2, 0.25) is 0 Å². The van der Waals surface area contributed by atoms with Crippen LogP contribution in [0.5, 0.6) is 0 Å². The van der Waals surface area contributed by atoms with Gasteiger partial charge in [-0.25, -0.2) is 4.39 Å². The number of nitrogens with zero attached hydrogens (tertiary/aromatic N) is 1. The molecule has 2 aromatic rings. The number of benzene rings is 1. The van der Waals surface area contributed by atoms with E-state index < -0.39 is 0 Å². The van der Waals surface area contributed by atoms with Gasteiger partial charge in [0.05, 0.1) is 0 Å². The molecule has 1 aromatic heterocycles. The van der Waals surface area contributed by atoms with Crippen LogP contribution in [-0.4, -0.2) is 11.5 Å². The largest absolute Gasteiger partial charge is 0.310 e. The van der Waals surface area contributed by atoms with Crippen LogP contribution >= 0.6 is 11.6 Å². The van der Waals surface area contributed by atoms with Crippen LogP contribution < -0.4 is 5.32 Å². The molecule has 2 rings (SSSR count). The molecule has 0 aliphatic heterocycles. The molecule has 1 N–H and O–H groups in total. The van der Waals surface area contributed by atoms with Crippen molar-refractivity contribution in [2.24, 2.45) is 0 Å². The first-order chi connectivity index (χ1) is 9.20. The Labute approximate surface area is 117 Å². The van der Waals surface area contributed by atoms with Gasteiger partial charge in [-0.1, -0.05) is 24.6 Å². The summed E-state index contributed by atoms with van der Waals surface area (Å²) in [6.07, 6.45) is 4.28. The Kier molecular flexibility index (Phi) is 4.88. The Bertz CT molecular complexity index is 531. The Morgan fingerprint density at radius 2 is 2.21 bits per heavy atom. The monoisotopic (exact) mass is 278 g/mol. The van der Waals surface area contributed by atoms with Gasteiger partial charge in [0, 0.05) is 23.5 Å². The molecule has 1 aromatic carbocycles. The molecule has 2 nitrogen and oxygen atoms in total. The molecular weight excluding hydrogens is 263 g/mol. The second-order valence-corrected chi connectivity index (χ2v) is 4.75. The summed E-state index contributed by atoms with van der Waals surface area (Å²) in [6.45, 7) is 2.81. The summed E-state index contributed by atoms with van der Waals surface area (Å²) in [6, 6.07) is 8.35. The third-order valence-electron chi connectivity index (χ3n) is 2.95. The van der Waals surface area contributed by atoms with E-state index in [1.165, 1.54) is 12.1 Å². The number of hydrogen-bond acceptors (Lipinski definition) is 2. The second-order valence-electron chi connectivity index (χ2n) is 4.34. The number of halogens is 2. The molecule has 0 aliphatic rings. The summed E-state index contributed by atoms with van der Waals surface area (Å²) < 4.78 is 13.4. The Hall–Kier alpha value is -1.45. The van der Waals surface area contributed by atoms with Gasteiger partial charge in [-0.15, -0.1) is 0 Å². The normalized spacial score (nSPS) is 12.4. The highest BCUT2D eigenvalue weighted by molar-refractivity contribution is 6.31. The zero-order valence-corrected chi connectivity index (χ0v) is 11.5. The number of pyridine rings is 1. The summed E-state index contributed by atoms with van der Waals surface area (Å²) in [7, 11) is 0. The SMILES string of the molecule is CCNC(Cc1cccnc1)c1cc(F)ccc1Cl. The first-order valence-electron chi connectivity index (χ1n) is 6.28. The minimum absolute atomic E-state index is 0.0163. The van der Waals surface area contributed by atoms with E-state index >= 15 is 0 Å². The van der Waals surface area contributed by atoms with Crippen molar-refractivity contribution in [2.45, 2.75) is 19.4 Å². The van der Waals surface area contributed by atoms with Gasteiger partial charge in [-0.3, -0.25) is 4.98 Å². The van der Waals surface area contributed by atoms with Crippen LogP contribution in [0.4, 0.5) is 4.39 Å². The van der Waals surface area contributed by atoms with Crippen LogP contribution in [0, 0.1) is 5.82 Å². The molecule has 0 saturated heterocycles. The van der Waals surface area contributed by atoms with E-state index in [9.17, 15) is 4.39 Å². The lowest BCUT2D eigenvalue weighted by molar-refractivity contribution is 0.542. The maximum absolute atomic E-state index is 13.4. The number of hydrogen-bond donors (Lipinski definition) is 1. The van der Waals surface area contributed by atoms with Crippen molar-refractivity contribution in [3.63, 3.8) is 0 Å². The third-order valence-corrected chi connectivity index (χ3v) is 3.29. The molecule has 0 amide bonds. The lowest BCUT2D eigenvalue weighted by Gasteiger charge is -2.19. The molecule has 0 bridgehead atoms. The highest BCUT2D eigenvalue weighted by Gasteiger charge is 2.15. The number of nitrogens with one attached hydrogen (secondary N) is 1. The summed E-state index contributed by atoms with van der Waals surface area (Å²) in [4.78, 5) is 4.10. The van der Waals surface area contributed by atoms with Crippen LogP contribution in [-0.2, 0) is 6.42 Å². The van der Waals surface area contributed by atoms with E-state index in [-0.39, 0.29) is 11.9 Å². The molecule has 0 saturated carbocycles. The molecule has 0 aliphatic carbocycles. The zero-order chi connectivity index (χ0) is 13.7. The maximum Gasteiger partial charge on any atom is 0.123 e. The van der Waals surface area contributed by atoms with E-state index in [0.717, 1.165) is 24.1 Å². The van der Waals surface area contributed by atoms with E-state index in [4.69, 9.17) is 11.6 Å². The van der Waals surface area contributed by atoms with Crippen LogP contribution in [0.15, 0.2) is 42.7 Å². The maximum atomic E-state index is 13.4. The van der Waals surface area contributed by atoms with E-state index in [1.807, 2.05) is 25.3 Å². The van der Waals surface area contributed by atoms with Gasteiger partial charge in [0.25, 0.3) is 0 Å². The fraction of sp³-hybridized carbons (Fsp3) is 0.267. The predicted molar refractivity (Wildman–Crippen MR) is 75.8 cm³/mol. The average Bonchev–Trinajstić information content (AvgIpc) is 2.42. The molecule has 19 heavy (non-hydrogen) atoms. The van der Waals surface area contributed by atoms with Crippen LogP contribution in [0.1, 0.15) is 24.1 Å². The quantitative estimate of drug-likeness (QED) is 0.901. The molecule has 100 valence electrons. The molecule has 1 atom stereocenters. The Balaban J connectivity index is 2.27. The summed E-state index contributed by atoms with van der Waals surface area (Å²) in [5.74, 6) is -0.270. The topological polar surface area (TPSA) is 24.9 Å². The Morgan fingerprint density at radius 3 is 2.89 bits per heavy atom. The van der Waals surface area contributed by atoms with Gasteiger partial charge in [-0.2, -0.15) is 0 Å². The highest BCUT2D eigenvalue weighted by Crippen LogP contribution is 2.26. The van der Waals surface area contributed by atoms with E-state index in [1.54, 1.807) is 12.3 Å². The molecule has 1 unspecified atom stereocenters. The van der Waals surface area contributed by atoms with E-state index in [2.05, 4.69) is 10.3 Å². The summed E-state index contributed by atoms with van der Waals surface area (Å²) >= 11 is 6.17. The fourth-order valence-corrected chi connectivity index (χ4v) is 2.32. The summed E-state index contributed by atoms with van der Waals surface area (Å²) in [5.41, 5.74) is 1.88. The van der Waals surface area contributed by atoms with Crippen LogP contribution in [0.2, 0.25) is 5.02 Å². The number of rotatable bonds is 5. The van der Waals surface area contributed by atoms with E-state index in [0.29, 0.717) is 5.02 Å². The van der Waals surface area contributed by atoms with Gasteiger partial charge in [0.1, 0.15) is 5.82 Å². The van der Waals surface area contributed by atoms with Crippen LogP contribution in [0.25, 0.3) is 0 Å². The number of aromatic nitrogens is 1. The van der Waals surface area contributed by atoms with Crippen molar-refractivity contribution in [3.05, 3.63) is 64.7 Å². The smallest absolute Gasteiger partial charge is 0.123 e. The fourth-order valence-electron chi connectivity index (χ4n) is 2.07. The van der Waals surface area contributed by atoms with Gasteiger partial charge in [-0.05, 0) is 48.4 Å². The first kappa shape index (κ1) is 14.0. The first-order valence-corrected chi connectivity index (χ1v) is 6.65. The van der Waals surface area contributed by atoms with Crippen molar-refractivity contribution < 1.29 is 4.39 Å². The van der Waals surface area contributed by atoms with Crippen molar-refractivity contribution >= 4 is 11.6 Å².